The minimum absolute atomic E-state index is 0.214. The van der Waals surface area contributed by atoms with E-state index in [0.29, 0.717) is 13.1 Å². The van der Waals surface area contributed by atoms with Crippen LogP contribution < -0.4 is 20.3 Å². The zero-order valence-corrected chi connectivity index (χ0v) is 20.2. The Balaban J connectivity index is 1.17. The average molecular weight is 477 g/mol. The summed E-state index contributed by atoms with van der Waals surface area (Å²) in [5.41, 5.74) is 3.73. The van der Waals surface area contributed by atoms with Gasteiger partial charge in [-0.15, -0.1) is 0 Å². The van der Waals surface area contributed by atoms with Crippen LogP contribution in [0.25, 0.3) is 11.1 Å². The smallest absolute Gasteiger partial charge is 0.315 e. The number of carbonyl (C=O) groups is 1. The van der Waals surface area contributed by atoms with Crippen molar-refractivity contribution in [1.29, 1.82) is 0 Å². The third-order valence-corrected chi connectivity index (χ3v) is 6.33. The zero-order valence-electron chi connectivity index (χ0n) is 20.2. The van der Waals surface area contributed by atoms with Crippen LogP contribution in [0.3, 0.4) is 0 Å². The summed E-state index contributed by atoms with van der Waals surface area (Å²) in [6.45, 7) is 5.75. The molecule has 6 nitrogen and oxygen atoms in total. The monoisotopic (exact) mass is 476 g/mol. The van der Waals surface area contributed by atoms with E-state index in [4.69, 9.17) is 4.74 Å². The Bertz CT molecular complexity index is 1100. The van der Waals surface area contributed by atoms with Gasteiger partial charge in [0.05, 0.1) is 12.8 Å². The second kappa shape index (κ2) is 12.2. The van der Waals surface area contributed by atoms with Crippen molar-refractivity contribution in [3.63, 3.8) is 0 Å². The Morgan fingerprint density at radius 1 is 0.943 bits per heavy atom. The molecule has 1 heterocycles. The SMILES string of the molecule is COc1ccccc1N1CCN(CCCNC(=O)NCc2ccc(F)cc2-c2ccccc2)CC1. The van der Waals surface area contributed by atoms with Gasteiger partial charge in [-0.25, -0.2) is 9.18 Å². The highest BCUT2D eigenvalue weighted by atomic mass is 19.1. The van der Waals surface area contributed by atoms with Crippen LogP contribution in [-0.4, -0.2) is 57.3 Å². The summed E-state index contributed by atoms with van der Waals surface area (Å²) in [5.74, 6) is 0.619. The number of hydrogen-bond acceptors (Lipinski definition) is 4. The zero-order chi connectivity index (χ0) is 24.5. The summed E-state index contributed by atoms with van der Waals surface area (Å²) in [6.07, 6.45) is 0.883. The van der Waals surface area contributed by atoms with Crippen LogP contribution in [0.2, 0.25) is 0 Å². The van der Waals surface area contributed by atoms with Crippen molar-refractivity contribution in [2.24, 2.45) is 0 Å². The van der Waals surface area contributed by atoms with E-state index in [1.165, 1.54) is 12.1 Å². The van der Waals surface area contributed by atoms with Crippen molar-refractivity contribution in [2.45, 2.75) is 13.0 Å². The molecular formula is C28H33FN4O2. The molecule has 0 bridgehead atoms. The number of piperazine rings is 1. The van der Waals surface area contributed by atoms with Gasteiger partial charge in [-0.2, -0.15) is 0 Å². The van der Waals surface area contributed by atoms with Crippen LogP contribution >= 0.6 is 0 Å². The Kier molecular flexibility index (Phi) is 8.57. The lowest BCUT2D eigenvalue weighted by Crippen LogP contribution is -2.47. The molecule has 0 spiro atoms. The second-order valence-electron chi connectivity index (χ2n) is 8.63. The van der Waals surface area contributed by atoms with Gasteiger partial charge in [-0.3, -0.25) is 4.90 Å². The number of nitrogens with zero attached hydrogens (tertiary/aromatic N) is 2. The number of anilines is 1. The Morgan fingerprint density at radius 3 is 2.46 bits per heavy atom. The van der Waals surface area contributed by atoms with Crippen LogP contribution in [0.15, 0.2) is 72.8 Å². The number of nitrogens with one attached hydrogen (secondary N) is 2. The molecule has 0 radical (unpaired) electrons. The van der Waals surface area contributed by atoms with Crippen molar-refractivity contribution >= 4 is 11.7 Å². The van der Waals surface area contributed by atoms with E-state index in [0.717, 1.165) is 67.3 Å². The second-order valence-corrected chi connectivity index (χ2v) is 8.63. The normalized spacial score (nSPS) is 13.9. The number of carbonyl (C=O) groups excluding carboxylic acids is 1. The molecule has 1 saturated heterocycles. The van der Waals surface area contributed by atoms with Crippen LogP contribution in [0.4, 0.5) is 14.9 Å². The molecule has 3 aromatic carbocycles. The Hall–Kier alpha value is -3.58. The maximum atomic E-state index is 13.8. The van der Waals surface area contributed by atoms with Gasteiger partial charge < -0.3 is 20.3 Å². The fraction of sp³-hybridized carbons (Fsp3) is 0.321. The molecule has 2 N–H and O–H groups in total. The first kappa shape index (κ1) is 24.5. The van der Waals surface area contributed by atoms with Gasteiger partial charge in [0.2, 0.25) is 0 Å². The molecule has 184 valence electrons. The van der Waals surface area contributed by atoms with E-state index in [1.54, 1.807) is 13.2 Å². The van der Waals surface area contributed by atoms with Crippen LogP contribution in [0.5, 0.6) is 5.75 Å². The summed E-state index contributed by atoms with van der Waals surface area (Å²) in [5, 5.41) is 5.83. The van der Waals surface area contributed by atoms with Crippen molar-refractivity contribution in [1.82, 2.24) is 15.5 Å². The maximum absolute atomic E-state index is 13.8. The number of urea groups is 1. The quantitative estimate of drug-likeness (QED) is 0.446. The molecule has 0 saturated carbocycles. The number of para-hydroxylation sites is 2. The molecule has 1 fully saturated rings. The van der Waals surface area contributed by atoms with E-state index in [2.05, 4.69) is 26.5 Å². The first-order valence-electron chi connectivity index (χ1n) is 12.1. The van der Waals surface area contributed by atoms with Gasteiger partial charge in [-0.05, 0) is 53.9 Å². The summed E-state index contributed by atoms with van der Waals surface area (Å²) in [4.78, 5) is 17.1. The average Bonchev–Trinajstić information content (AvgIpc) is 2.91. The molecule has 7 heteroatoms. The fourth-order valence-corrected chi connectivity index (χ4v) is 4.44. The van der Waals surface area contributed by atoms with Crippen molar-refractivity contribution in [3.05, 3.63) is 84.2 Å². The van der Waals surface area contributed by atoms with Gasteiger partial charge in [-0.1, -0.05) is 48.5 Å². The third-order valence-electron chi connectivity index (χ3n) is 6.33. The standard InChI is InChI=1S/C28H33FN4O2/c1-35-27-11-6-5-10-26(27)33-18-16-32(17-19-33)15-7-14-30-28(34)31-21-23-12-13-24(29)20-25(23)22-8-3-2-4-9-22/h2-6,8-13,20H,7,14-19,21H2,1H3,(H2,30,31,34). The molecule has 1 aliphatic heterocycles. The molecular weight excluding hydrogens is 443 g/mol. The molecule has 0 aromatic heterocycles. The minimum atomic E-state index is -0.291. The molecule has 0 unspecified atom stereocenters. The highest BCUT2D eigenvalue weighted by Gasteiger charge is 2.19. The summed E-state index contributed by atoms with van der Waals surface area (Å²) < 4.78 is 19.3. The predicted octanol–water partition coefficient (Wildman–Crippen LogP) is 4.51. The van der Waals surface area contributed by atoms with Crippen molar-refractivity contribution in [3.8, 4) is 16.9 Å². The van der Waals surface area contributed by atoms with Crippen LogP contribution in [-0.2, 0) is 6.54 Å². The maximum Gasteiger partial charge on any atom is 0.315 e. The van der Waals surface area contributed by atoms with Gasteiger partial charge in [0.25, 0.3) is 0 Å². The Labute approximate surface area is 206 Å². The first-order valence-corrected chi connectivity index (χ1v) is 12.1. The first-order chi connectivity index (χ1) is 17.1. The summed E-state index contributed by atoms with van der Waals surface area (Å²) in [6, 6.07) is 22.2. The molecule has 4 rings (SSSR count). The van der Waals surface area contributed by atoms with E-state index >= 15 is 0 Å². The molecule has 0 atom stereocenters. The van der Waals surface area contributed by atoms with Crippen LogP contribution in [0, 0.1) is 5.82 Å². The number of methoxy groups -OCH3 is 1. The van der Waals surface area contributed by atoms with Gasteiger partial charge in [0, 0.05) is 39.3 Å². The van der Waals surface area contributed by atoms with Crippen molar-refractivity contribution < 1.29 is 13.9 Å². The lowest BCUT2D eigenvalue weighted by atomic mass is 9.99. The highest BCUT2D eigenvalue weighted by Crippen LogP contribution is 2.28. The summed E-state index contributed by atoms with van der Waals surface area (Å²) in [7, 11) is 1.71. The lowest BCUT2D eigenvalue weighted by Gasteiger charge is -2.36. The fourth-order valence-electron chi connectivity index (χ4n) is 4.44. The van der Waals surface area contributed by atoms with E-state index < -0.39 is 0 Å². The Morgan fingerprint density at radius 2 is 1.69 bits per heavy atom. The largest absolute Gasteiger partial charge is 0.495 e. The molecule has 2 amide bonds. The van der Waals surface area contributed by atoms with E-state index in [1.807, 2.05) is 48.5 Å². The predicted molar refractivity (Wildman–Crippen MR) is 138 cm³/mol. The number of amides is 2. The third kappa shape index (κ3) is 6.73. The molecule has 0 aliphatic carbocycles. The van der Waals surface area contributed by atoms with E-state index in [-0.39, 0.29) is 11.8 Å². The number of rotatable bonds is 9. The lowest BCUT2D eigenvalue weighted by molar-refractivity contribution is 0.235. The summed E-state index contributed by atoms with van der Waals surface area (Å²) >= 11 is 0. The van der Waals surface area contributed by atoms with E-state index in [9.17, 15) is 9.18 Å². The number of halogens is 1. The minimum Gasteiger partial charge on any atom is -0.495 e. The molecule has 1 aliphatic rings. The number of benzene rings is 3. The van der Waals surface area contributed by atoms with Gasteiger partial charge in [0.15, 0.2) is 0 Å². The van der Waals surface area contributed by atoms with Crippen LogP contribution in [0.1, 0.15) is 12.0 Å². The number of hydrogen-bond donors (Lipinski definition) is 2. The number of ether oxygens (including phenoxy) is 1. The van der Waals surface area contributed by atoms with Crippen molar-refractivity contribution in [2.75, 3.05) is 51.3 Å². The van der Waals surface area contributed by atoms with Gasteiger partial charge >= 0.3 is 6.03 Å². The molecule has 3 aromatic rings. The topological polar surface area (TPSA) is 56.8 Å². The highest BCUT2D eigenvalue weighted by molar-refractivity contribution is 5.74. The molecule has 35 heavy (non-hydrogen) atoms. The van der Waals surface area contributed by atoms with Gasteiger partial charge in [0.1, 0.15) is 11.6 Å².